The lowest BCUT2D eigenvalue weighted by atomic mass is 10.0. The molecule has 0 spiro atoms. The van der Waals surface area contributed by atoms with Crippen LogP contribution in [0.25, 0.3) is 0 Å². The topological polar surface area (TPSA) is 35.2 Å². The summed E-state index contributed by atoms with van der Waals surface area (Å²) in [6, 6.07) is 6.75. The summed E-state index contributed by atoms with van der Waals surface area (Å²) >= 11 is 0. The molecule has 1 unspecified atom stereocenters. The third-order valence-corrected chi connectivity index (χ3v) is 2.78. The summed E-state index contributed by atoms with van der Waals surface area (Å²) in [4.78, 5) is 0. The lowest BCUT2D eigenvalue weighted by Gasteiger charge is -2.09. The Labute approximate surface area is 85.1 Å². The van der Waals surface area contributed by atoms with Gasteiger partial charge in [0.15, 0.2) is 0 Å². The molecule has 2 rings (SSSR count). The van der Waals surface area contributed by atoms with E-state index in [0.29, 0.717) is 0 Å². The Bertz CT molecular complexity index is 322. The van der Waals surface area contributed by atoms with Gasteiger partial charge in [0.2, 0.25) is 0 Å². The van der Waals surface area contributed by atoms with Crippen molar-refractivity contribution in [1.29, 1.82) is 0 Å². The maximum absolute atomic E-state index is 5.91. The summed E-state index contributed by atoms with van der Waals surface area (Å²) in [5.41, 5.74) is 8.53. The Kier molecular flexibility index (Phi) is 2.73. The first-order valence-corrected chi connectivity index (χ1v) is 5.29. The molecule has 1 aromatic rings. The molecule has 0 fully saturated rings. The Hall–Kier alpha value is -1.02. The van der Waals surface area contributed by atoms with E-state index in [4.69, 9.17) is 10.5 Å². The van der Waals surface area contributed by atoms with Crippen molar-refractivity contribution in [1.82, 2.24) is 0 Å². The zero-order chi connectivity index (χ0) is 9.97. The summed E-state index contributed by atoms with van der Waals surface area (Å²) in [6.45, 7) is 2.95. The predicted octanol–water partition coefficient (Wildman–Crippen LogP) is 1.90. The van der Waals surface area contributed by atoms with E-state index < -0.39 is 0 Å². The normalized spacial score (nSPS) is 16.1. The molecule has 0 bridgehead atoms. The van der Waals surface area contributed by atoms with E-state index in [0.717, 1.165) is 31.6 Å². The summed E-state index contributed by atoms with van der Waals surface area (Å²) < 4.78 is 5.51. The Morgan fingerprint density at radius 3 is 3.14 bits per heavy atom. The Balaban J connectivity index is 2.12. The van der Waals surface area contributed by atoms with Gasteiger partial charge in [0.1, 0.15) is 5.75 Å². The SMILES string of the molecule is CCC(N)Cc1ccc2c(c1)OCC2. The maximum atomic E-state index is 5.91. The molecule has 0 saturated carbocycles. The molecule has 14 heavy (non-hydrogen) atoms. The molecular weight excluding hydrogens is 174 g/mol. The first-order chi connectivity index (χ1) is 6.79. The second kappa shape index (κ2) is 4.01. The van der Waals surface area contributed by atoms with Crippen LogP contribution >= 0.6 is 0 Å². The van der Waals surface area contributed by atoms with Gasteiger partial charge in [-0.25, -0.2) is 0 Å². The second-order valence-corrected chi connectivity index (χ2v) is 3.91. The van der Waals surface area contributed by atoms with Crippen molar-refractivity contribution >= 4 is 0 Å². The van der Waals surface area contributed by atoms with Crippen LogP contribution in [0.4, 0.5) is 0 Å². The van der Waals surface area contributed by atoms with Gasteiger partial charge in [0.05, 0.1) is 6.61 Å². The second-order valence-electron chi connectivity index (χ2n) is 3.91. The number of ether oxygens (including phenoxy) is 1. The number of fused-ring (bicyclic) bond motifs is 1. The fourth-order valence-electron chi connectivity index (χ4n) is 1.78. The van der Waals surface area contributed by atoms with Gasteiger partial charge < -0.3 is 10.5 Å². The molecule has 1 heterocycles. The zero-order valence-electron chi connectivity index (χ0n) is 8.62. The third-order valence-electron chi connectivity index (χ3n) is 2.78. The van der Waals surface area contributed by atoms with Crippen LogP contribution in [-0.2, 0) is 12.8 Å². The molecule has 1 atom stereocenters. The van der Waals surface area contributed by atoms with Gasteiger partial charge in [0, 0.05) is 12.5 Å². The first kappa shape index (κ1) is 9.53. The van der Waals surface area contributed by atoms with E-state index >= 15 is 0 Å². The molecule has 0 amide bonds. The van der Waals surface area contributed by atoms with Gasteiger partial charge in [-0.05, 0) is 30.0 Å². The van der Waals surface area contributed by atoms with E-state index in [-0.39, 0.29) is 6.04 Å². The van der Waals surface area contributed by atoms with Gasteiger partial charge in [-0.2, -0.15) is 0 Å². The number of rotatable bonds is 3. The van der Waals surface area contributed by atoms with Crippen LogP contribution in [0.1, 0.15) is 24.5 Å². The van der Waals surface area contributed by atoms with Gasteiger partial charge >= 0.3 is 0 Å². The first-order valence-electron chi connectivity index (χ1n) is 5.29. The van der Waals surface area contributed by atoms with Crippen molar-refractivity contribution in [2.24, 2.45) is 5.73 Å². The summed E-state index contributed by atoms with van der Waals surface area (Å²) in [7, 11) is 0. The smallest absolute Gasteiger partial charge is 0.122 e. The molecule has 0 radical (unpaired) electrons. The van der Waals surface area contributed by atoms with E-state index in [1.54, 1.807) is 0 Å². The van der Waals surface area contributed by atoms with Crippen molar-refractivity contribution < 1.29 is 4.74 Å². The van der Waals surface area contributed by atoms with Crippen molar-refractivity contribution in [3.8, 4) is 5.75 Å². The van der Waals surface area contributed by atoms with E-state index in [1.807, 2.05) is 0 Å². The van der Waals surface area contributed by atoms with Gasteiger partial charge in [-0.15, -0.1) is 0 Å². The van der Waals surface area contributed by atoms with E-state index in [2.05, 4.69) is 25.1 Å². The van der Waals surface area contributed by atoms with E-state index in [9.17, 15) is 0 Å². The van der Waals surface area contributed by atoms with Gasteiger partial charge in [-0.1, -0.05) is 19.1 Å². The van der Waals surface area contributed by atoms with Crippen molar-refractivity contribution in [3.05, 3.63) is 29.3 Å². The summed E-state index contributed by atoms with van der Waals surface area (Å²) in [6.07, 6.45) is 3.03. The van der Waals surface area contributed by atoms with Crippen LogP contribution in [-0.4, -0.2) is 12.6 Å². The number of nitrogens with two attached hydrogens (primary N) is 1. The standard InChI is InChI=1S/C12H17NO/c1-2-11(13)7-9-3-4-10-5-6-14-12(10)8-9/h3-4,8,11H,2,5-7,13H2,1H3. The van der Waals surface area contributed by atoms with E-state index in [1.165, 1.54) is 11.1 Å². The molecule has 1 aromatic carbocycles. The molecular formula is C12H17NO. The molecule has 76 valence electrons. The van der Waals surface area contributed by atoms with Gasteiger partial charge in [-0.3, -0.25) is 0 Å². The molecule has 1 aliphatic rings. The molecule has 2 nitrogen and oxygen atoms in total. The minimum absolute atomic E-state index is 0.273. The molecule has 2 heteroatoms. The van der Waals surface area contributed by atoms with Crippen LogP contribution < -0.4 is 10.5 Å². The predicted molar refractivity (Wildman–Crippen MR) is 57.6 cm³/mol. The highest BCUT2D eigenvalue weighted by atomic mass is 16.5. The molecule has 0 aromatic heterocycles. The highest BCUT2D eigenvalue weighted by Crippen LogP contribution is 2.26. The van der Waals surface area contributed by atoms with Crippen LogP contribution in [0.2, 0.25) is 0 Å². The number of benzene rings is 1. The third kappa shape index (κ3) is 1.90. The number of hydrogen-bond donors (Lipinski definition) is 1. The zero-order valence-corrected chi connectivity index (χ0v) is 8.62. The quantitative estimate of drug-likeness (QED) is 0.792. The minimum atomic E-state index is 0.273. The molecule has 0 aliphatic carbocycles. The lowest BCUT2D eigenvalue weighted by molar-refractivity contribution is 0.356. The Morgan fingerprint density at radius 1 is 1.50 bits per heavy atom. The molecule has 0 saturated heterocycles. The number of hydrogen-bond acceptors (Lipinski definition) is 2. The molecule has 2 N–H and O–H groups in total. The van der Waals surface area contributed by atoms with Crippen LogP contribution in [0, 0.1) is 0 Å². The lowest BCUT2D eigenvalue weighted by Crippen LogP contribution is -2.21. The van der Waals surface area contributed by atoms with Crippen molar-refractivity contribution in [2.45, 2.75) is 32.2 Å². The Morgan fingerprint density at radius 2 is 2.36 bits per heavy atom. The fourth-order valence-corrected chi connectivity index (χ4v) is 1.78. The summed E-state index contributed by atoms with van der Waals surface area (Å²) in [5, 5.41) is 0. The minimum Gasteiger partial charge on any atom is -0.493 e. The summed E-state index contributed by atoms with van der Waals surface area (Å²) in [5.74, 6) is 1.06. The largest absolute Gasteiger partial charge is 0.493 e. The van der Waals surface area contributed by atoms with Gasteiger partial charge in [0.25, 0.3) is 0 Å². The van der Waals surface area contributed by atoms with Crippen molar-refractivity contribution in [2.75, 3.05) is 6.61 Å². The van der Waals surface area contributed by atoms with Crippen LogP contribution in [0.15, 0.2) is 18.2 Å². The highest BCUT2D eigenvalue weighted by Gasteiger charge is 2.12. The highest BCUT2D eigenvalue weighted by molar-refractivity contribution is 5.40. The van der Waals surface area contributed by atoms with Crippen LogP contribution in [0.5, 0.6) is 5.75 Å². The fraction of sp³-hybridized carbons (Fsp3) is 0.500. The average molecular weight is 191 g/mol. The molecule has 1 aliphatic heterocycles. The monoisotopic (exact) mass is 191 g/mol. The van der Waals surface area contributed by atoms with Crippen LogP contribution in [0.3, 0.4) is 0 Å². The average Bonchev–Trinajstić information content (AvgIpc) is 2.64. The van der Waals surface area contributed by atoms with Crippen molar-refractivity contribution in [3.63, 3.8) is 0 Å². The maximum Gasteiger partial charge on any atom is 0.122 e.